The second-order valence-corrected chi connectivity index (χ2v) is 5.47. The topological polar surface area (TPSA) is 86.5 Å². The van der Waals surface area contributed by atoms with Crippen LogP contribution in [0.3, 0.4) is 0 Å². The third-order valence-corrected chi connectivity index (χ3v) is 3.83. The van der Waals surface area contributed by atoms with E-state index in [0.717, 1.165) is 5.39 Å². The zero-order chi connectivity index (χ0) is 14.4. The quantitative estimate of drug-likeness (QED) is 0.896. The Kier molecular flexibility index (Phi) is 2.63. The zero-order valence-electron chi connectivity index (χ0n) is 11.4. The van der Waals surface area contributed by atoms with Crippen molar-refractivity contribution in [3.63, 3.8) is 0 Å². The standard InChI is InChI=1S/C15H15N3O3/c16-14-10(15(19)17-6-8-1-2-8)3-9-4-12-13(21-7-20-12)5-11(9)18-14/h3-5,8H,1-2,6-7H2,(H2,16,18)(H,17,19). The Morgan fingerprint density at radius 1 is 1.29 bits per heavy atom. The van der Waals surface area contributed by atoms with E-state index >= 15 is 0 Å². The molecular weight excluding hydrogens is 270 g/mol. The smallest absolute Gasteiger partial charge is 0.255 e. The molecule has 2 aromatic rings. The van der Waals surface area contributed by atoms with E-state index in [1.54, 1.807) is 12.1 Å². The minimum absolute atomic E-state index is 0.175. The van der Waals surface area contributed by atoms with Crippen molar-refractivity contribution in [3.8, 4) is 11.5 Å². The number of nitrogens with zero attached hydrogens (tertiary/aromatic N) is 1. The molecule has 1 aliphatic carbocycles. The first kappa shape index (κ1) is 12.3. The average Bonchev–Trinajstić information content (AvgIpc) is 3.19. The summed E-state index contributed by atoms with van der Waals surface area (Å²) < 4.78 is 10.7. The van der Waals surface area contributed by atoms with Gasteiger partial charge in [0.2, 0.25) is 6.79 Å². The van der Waals surface area contributed by atoms with Crippen LogP contribution in [0.2, 0.25) is 0 Å². The van der Waals surface area contributed by atoms with E-state index in [1.165, 1.54) is 12.8 Å². The van der Waals surface area contributed by atoms with E-state index in [2.05, 4.69) is 10.3 Å². The molecule has 0 bridgehead atoms. The predicted octanol–water partition coefficient (Wildman–Crippen LogP) is 1.69. The molecular formula is C15H15N3O3. The number of ether oxygens (including phenoxy) is 2. The Bertz CT molecular complexity index is 741. The van der Waals surface area contributed by atoms with Crippen LogP contribution in [0, 0.1) is 5.92 Å². The summed E-state index contributed by atoms with van der Waals surface area (Å²) in [6.07, 6.45) is 2.38. The largest absolute Gasteiger partial charge is 0.454 e. The molecule has 1 amide bonds. The first-order valence-electron chi connectivity index (χ1n) is 6.99. The number of aromatic nitrogens is 1. The number of nitrogen functional groups attached to an aromatic ring is 1. The molecule has 6 nitrogen and oxygen atoms in total. The van der Waals surface area contributed by atoms with Gasteiger partial charge >= 0.3 is 0 Å². The van der Waals surface area contributed by atoms with Gasteiger partial charge in [-0.15, -0.1) is 0 Å². The van der Waals surface area contributed by atoms with Crippen LogP contribution >= 0.6 is 0 Å². The number of rotatable bonds is 3. The van der Waals surface area contributed by atoms with Gasteiger partial charge in [0, 0.05) is 18.0 Å². The van der Waals surface area contributed by atoms with Crippen molar-refractivity contribution >= 4 is 22.6 Å². The van der Waals surface area contributed by atoms with Crippen LogP contribution in [0.1, 0.15) is 23.2 Å². The Hall–Kier alpha value is -2.50. The lowest BCUT2D eigenvalue weighted by molar-refractivity contribution is 0.0952. The molecule has 3 N–H and O–H groups in total. The lowest BCUT2D eigenvalue weighted by Gasteiger charge is -2.08. The van der Waals surface area contributed by atoms with Crippen molar-refractivity contribution in [1.29, 1.82) is 0 Å². The second kappa shape index (κ2) is 4.51. The van der Waals surface area contributed by atoms with Gasteiger partial charge in [0.15, 0.2) is 11.5 Å². The highest BCUT2D eigenvalue weighted by molar-refractivity contribution is 6.02. The molecule has 1 fully saturated rings. The molecule has 1 aromatic carbocycles. The molecule has 4 rings (SSSR count). The monoisotopic (exact) mass is 285 g/mol. The third-order valence-electron chi connectivity index (χ3n) is 3.83. The maximum atomic E-state index is 12.2. The molecule has 1 aliphatic heterocycles. The Morgan fingerprint density at radius 3 is 2.81 bits per heavy atom. The van der Waals surface area contributed by atoms with E-state index in [4.69, 9.17) is 15.2 Å². The predicted molar refractivity (Wildman–Crippen MR) is 77.3 cm³/mol. The first-order chi connectivity index (χ1) is 10.2. The van der Waals surface area contributed by atoms with Crippen molar-refractivity contribution in [3.05, 3.63) is 23.8 Å². The van der Waals surface area contributed by atoms with Crippen molar-refractivity contribution in [2.24, 2.45) is 5.92 Å². The molecule has 21 heavy (non-hydrogen) atoms. The van der Waals surface area contributed by atoms with E-state index in [0.29, 0.717) is 35.0 Å². The van der Waals surface area contributed by atoms with Crippen LogP contribution in [0.25, 0.3) is 10.9 Å². The molecule has 1 saturated carbocycles. The fourth-order valence-electron chi connectivity index (χ4n) is 2.41. The van der Waals surface area contributed by atoms with Gasteiger partial charge in [-0.3, -0.25) is 4.79 Å². The summed E-state index contributed by atoms with van der Waals surface area (Å²) in [6.45, 7) is 0.910. The van der Waals surface area contributed by atoms with Crippen molar-refractivity contribution in [1.82, 2.24) is 10.3 Å². The highest BCUT2D eigenvalue weighted by Gasteiger charge is 2.23. The Labute approximate surface area is 121 Å². The fraction of sp³-hybridized carbons (Fsp3) is 0.333. The van der Waals surface area contributed by atoms with Crippen LogP contribution in [0.4, 0.5) is 5.82 Å². The minimum atomic E-state index is -0.175. The summed E-state index contributed by atoms with van der Waals surface area (Å²) in [4.78, 5) is 16.5. The summed E-state index contributed by atoms with van der Waals surface area (Å²) in [5.41, 5.74) is 7.01. The van der Waals surface area contributed by atoms with Gasteiger partial charge < -0.3 is 20.5 Å². The van der Waals surface area contributed by atoms with Crippen LogP contribution < -0.4 is 20.5 Å². The van der Waals surface area contributed by atoms with Crippen molar-refractivity contribution in [2.45, 2.75) is 12.8 Å². The van der Waals surface area contributed by atoms with Crippen LogP contribution in [-0.2, 0) is 0 Å². The van der Waals surface area contributed by atoms with Gasteiger partial charge in [-0.1, -0.05) is 0 Å². The summed E-state index contributed by atoms with van der Waals surface area (Å²) in [6, 6.07) is 5.35. The number of amides is 1. The molecule has 0 radical (unpaired) electrons. The number of pyridine rings is 1. The highest BCUT2D eigenvalue weighted by atomic mass is 16.7. The van der Waals surface area contributed by atoms with Gasteiger partial charge in [-0.2, -0.15) is 0 Å². The van der Waals surface area contributed by atoms with Crippen LogP contribution in [0.15, 0.2) is 18.2 Å². The third kappa shape index (κ3) is 2.22. The van der Waals surface area contributed by atoms with E-state index in [9.17, 15) is 4.79 Å². The molecule has 0 saturated heterocycles. The maximum absolute atomic E-state index is 12.2. The van der Waals surface area contributed by atoms with Crippen LogP contribution in [-0.4, -0.2) is 24.2 Å². The van der Waals surface area contributed by atoms with Crippen molar-refractivity contribution < 1.29 is 14.3 Å². The Morgan fingerprint density at radius 2 is 2.05 bits per heavy atom. The van der Waals surface area contributed by atoms with E-state index in [1.807, 2.05) is 6.07 Å². The molecule has 1 aromatic heterocycles. The summed E-state index contributed by atoms with van der Waals surface area (Å²) in [7, 11) is 0. The van der Waals surface area contributed by atoms with Gasteiger partial charge in [-0.05, 0) is 30.9 Å². The number of nitrogens with two attached hydrogens (primary N) is 1. The highest BCUT2D eigenvalue weighted by Crippen LogP contribution is 2.36. The number of hydrogen-bond donors (Lipinski definition) is 2. The second-order valence-electron chi connectivity index (χ2n) is 5.47. The molecule has 2 heterocycles. The molecule has 0 atom stereocenters. The average molecular weight is 285 g/mol. The van der Waals surface area contributed by atoms with Crippen LogP contribution in [0.5, 0.6) is 11.5 Å². The van der Waals surface area contributed by atoms with Gasteiger partial charge in [0.1, 0.15) is 5.82 Å². The fourth-order valence-corrected chi connectivity index (χ4v) is 2.41. The molecule has 6 heteroatoms. The number of hydrogen-bond acceptors (Lipinski definition) is 5. The van der Waals surface area contributed by atoms with Gasteiger partial charge in [-0.25, -0.2) is 4.98 Å². The number of carbonyl (C=O) groups is 1. The molecule has 108 valence electrons. The van der Waals surface area contributed by atoms with Gasteiger partial charge in [0.05, 0.1) is 11.1 Å². The SMILES string of the molecule is Nc1nc2cc3c(cc2cc1C(=O)NCC1CC1)OCO3. The Balaban J connectivity index is 1.69. The summed E-state index contributed by atoms with van der Waals surface area (Å²) >= 11 is 0. The van der Waals surface area contributed by atoms with Crippen molar-refractivity contribution in [2.75, 3.05) is 19.1 Å². The zero-order valence-corrected chi connectivity index (χ0v) is 11.4. The molecule has 2 aliphatic rings. The number of carbonyl (C=O) groups excluding carboxylic acids is 1. The van der Waals surface area contributed by atoms with Gasteiger partial charge in [0.25, 0.3) is 5.91 Å². The lowest BCUT2D eigenvalue weighted by Crippen LogP contribution is -2.26. The number of anilines is 1. The summed E-state index contributed by atoms with van der Waals surface area (Å²) in [5.74, 6) is 2.00. The summed E-state index contributed by atoms with van der Waals surface area (Å²) in [5, 5.41) is 3.71. The first-order valence-corrected chi connectivity index (χ1v) is 6.99. The number of nitrogens with one attached hydrogen (secondary N) is 1. The number of fused-ring (bicyclic) bond motifs is 2. The number of benzene rings is 1. The lowest BCUT2D eigenvalue weighted by atomic mass is 10.1. The maximum Gasteiger partial charge on any atom is 0.255 e. The molecule has 0 unspecified atom stereocenters. The van der Waals surface area contributed by atoms with E-state index in [-0.39, 0.29) is 18.5 Å². The minimum Gasteiger partial charge on any atom is -0.454 e. The van der Waals surface area contributed by atoms with E-state index < -0.39 is 0 Å². The normalized spacial score (nSPS) is 16.2. The molecule has 0 spiro atoms.